The average molecular weight is 196 g/mol. The minimum atomic E-state index is -0.00829. The first-order chi connectivity index (χ1) is 6.79. The molecular formula is C9H16N4O. The molecule has 0 unspecified atom stereocenters. The fraction of sp³-hybridized carbons (Fsp3) is 0.556. The highest BCUT2D eigenvalue weighted by molar-refractivity contribution is 5.93. The van der Waals surface area contributed by atoms with Crippen molar-refractivity contribution in [1.82, 2.24) is 15.1 Å². The molecule has 0 saturated heterocycles. The number of nitrogens with one attached hydrogen (secondary N) is 1. The Labute approximate surface area is 83.3 Å². The van der Waals surface area contributed by atoms with E-state index in [1.807, 2.05) is 6.92 Å². The van der Waals surface area contributed by atoms with Gasteiger partial charge in [-0.2, -0.15) is 5.10 Å². The predicted molar refractivity (Wildman–Crippen MR) is 53.8 cm³/mol. The van der Waals surface area contributed by atoms with Crippen molar-refractivity contribution in [1.29, 1.82) is 0 Å². The van der Waals surface area contributed by atoms with Gasteiger partial charge >= 0.3 is 0 Å². The van der Waals surface area contributed by atoms with Gasteiger partial charge in [0.15, 0.2) is 0 Å². The van der Waals surface area contributed by atoms with E-state index in [4.69, 9.17) is 5.73 Å². The Balaban J connectivity index is 2.63. The van der Waals surface area contributed by atoms with E-state index in [1.54, 1.807) is 11.1 Å². The van der Waals surface area contributed by atoms with Crippen molar-refractivity contribution in [3.05, 3.63) is 18.0 Å². The van der Waals surface area contributed by atoms with Crippen LogP contribution in [-0.2, 0) is 0 Å². The van der Waals surface area contributed by atoms with Crippen molar-refractivity contribution in [3.63, 3.8) is 0 Å². The molecule has 0 spiro atoms. The molecule has 0 saturated carbocycles. The van der Waals surface area contributed by atoms with Crippen molar-refractivity contribution < 1.29 is 4.79 Å². The van der Waals surface area contributed by atoms with Gasteiger partial charge in [-0.3, -0.25) is 9.89 Å². The molecule has 0 atom stereocenters. The summed E-state index contributed by atoms with van der Waals surface area (Å²) in [6.45, 7) is 3.86. The van der Waals surface area contributed by atoms with Crippen LogP contribution in [0.3, 0.4) is 0 Å². The average Bonchev–Trinajstić information content (AvgIpc) is 2.69. The molecule has 1 amide bonds. The number of nitrogens with zero attached hydrogens (tertiary/aromatic N) is 2. The molecule has 0 aromatic carbocycles. The summed E-state index contributed by atoms with van der Waals surface area (Å²) in [7, 11) is 0. The van der Waals surface area contributed by atoms with Crippen LogP contribution in [0.4, 0.5) is 0 Å². The van der Waals surface area contributed by atoms with Gasteiger partial charge in [0.25, 0.3) is 5.91 Å². The van der Waals surface area contributed by atoms with Gasteiger partial charge in [-0.25, -0.2) is 0 Å². The number of carbonyl (C=O) groups excluding carboxylic acids is 1. The molecule has 1 aromatic heterocycles. The number of aromatic nitrogens is 2. The van der Waals surface area contributed by atoms with Gasteiger partial charge < -0.3 is 10.6 Å². The minimum absolute atomic E-state index is 0.00829. The maximum atomic E-state index is 11.8. The van der Waals surface area contributed by atoms with Crippen LogP contribution in [0.25, 0.3) is 0 Å². The Morgan fingerprint density at radius 1 is 1.64 bits per heavy atom. The van der Waals surface area contributed by atoms with Crippen LogP contribution in [0, 0.1) is 0 Å². The standard InChI is InChI=1S/C9H16N4O/c1-2-4-13(5-3-10)9(14)8-6-11-12-7-8/h6-7H,2-5,10H2,1H3,(H,11,12). The lowest BCUT2D eigenvalue weighted by molar-refractivity contribution is 0.0760. The molecule has 0 fully saturated rings. The van der Waals surface area contributed by atoms with Crippen LogP contribution in [0.2, 0.25) is 0 Å². The van der Waals surface area contributed by atoms with Gasteiger partial charge in [-0.1, -0.05) is 6.92 Å². The summed E-state index contributed by atoms with van der Waals surface area (Å²) in [5.74, 6) is -0.00829. The number of H-pyrrole nitrogens is 1. The quantitative estimate of drug-likeness (QED) is 0.707. The van der Waals surface area contributed by atoms with Gasteiger partial charge in [0.2, 0.25) is 0 Å². The third kappa shape index (κ3) is 2.56. The molecule has 5 heteroatoms. The van der Waals surface area contributed by atoms with Crippen LogP contribution in [0.1, 0.15) is 23.7 Å². The molecular weight excluding hydrogens is 180 g/mol. The van der Waals surface area contributed by atoms with Crippen LogP contribution in [0.5, 0.6) is 0 Å². The molecule has 0 aliphatic carbocycles. The molecule has 0 radical (unpaired) electrons. The second kappa shape index (κ2) is 5.39. The first-order valence-corrected chi connectivity index (χ1v) is 4.77. The predicted octanol–water partition coefficient (Wildman–Crippen LogP) is 0.221. The Hall–Kier alpha value is -1.36. The Kier molecular flexibility index (Phi) is 4.12. The summed E-state index contributed by atoms with van der Waals surface area (Å²) in [5, 5.41) is 6.36. The number of rotatable bonds is 5. The first kappa shape index (κ1) is 10.7. The summed E-state index contributed by atoms with van der Waals surface area (Å²) in [6.07, 6.45) is 4.06. The fourth-order valence-electron chi connectivity index (χ4n) is 1.29. The van der Waals surface area contributed by atoms with E-state index in [0.29, 0.717) is 18.7 Å². The highest BCUT2D eigenvalue weighted by atomic mass is 16.2. The summed E-state index contributed by atoms with van der Waals surface area (Å²) >= 11 is 0. The zero-order valence-electron chi connectivity index (χ0n) is 8.36. The number of nitrogens with two attached hydrogens (primary N) is 1. The third-order valence-corrected chi connectivity index (χ3v) is 1.92. The monoisotopic (exact) mass is 196 g/mol. The number of hydrogen-bond donors (Lipinski definition) is 2. The second-order valence-corrected chi connectivity index (χ2v) is 3.07. The highest BCUT2D eigenvalue weighted by Crippen LogP contribution is 2.02. The Morgan fingerprint density at radius 2 is 2.43 bits per heavy atom. The van der Waals surface area contributed by atoms with E-state index < -0.39 is 0 Å². The number of carbonyl (C=O) groups is 1. The second-order valence-electron chi connectivity index (χ2n) is 3.07. The van der Waals surface area contributed by atoms with E-state index in [2.05, 4.69) is 10.2 Å². The normalized spacial score (nSPS) is 10.1. The van der Waals surface area contributed by atoms with E-state index in [-0.39, 0.29) is 5.91 Å². The van der Waals surface area contributed by atoms with Gasteiger partial charge in [-0.05, 0) is 6.42 Å². The minimum Gasteiger partial charge on any atom is -0.337 e. The summed E-state index contributed by atoms with van der Waals surface area (Å²) in [5.41, 5.74) is 6.02. The van der Waals surface area contributed by atoms with Crippen LogP contribution in [-0.4, -0.2) is 40.6 Å². The maximum Gasteiger partial charge on any atom is 0.257 e. The lowest BCUT2D eigenvalue weighted by Crippen LogP contribution is -2.35. The van der Waals surface area contributed by atoms with Gasteiger partial charge in [0, 0.05) is 25.8 Å². The van der Waals surface area contributed by atoms with Crippen molar-refractivity contribution in [2.75, 3.05) is 19.6 Å². The smallest absolute Gasteiger partial charge is 0.257 e. The van der Waals surface area contributed by atoms with Crippen LogP contribution < -0.4 is 5.73 Å². The molecule has 1 aromatic rings. The lowest BCUT2D eigenvalue weighted by atomic mass is 10.3. The summed E-state index contributed by atoms with van der Waals surface area (Å²) in [4.78, 5) is 13.5. The Bertz CT molecular complexity index is 264. The van der Waals surface area contributed by atoms with Gasteiger partial charge in [-0.15, -0.1) is 0 Å². The van der Waals surface area contributed by atoms with Gasteiger partial charge in [0.1, 0.15) is 0 Å². The van der Waals surface area contributed by atoms with E-state index in [9.17, 15) is 4.79 Å². The molecule has 78 valence electrons. The van der Waals surface area contributed by atoms with E-state index in [0.717, 1.165) is 13.0 Å². The SMILES string of the molecule is CCCN(CCN)C(=O)c1cn[nH]c1. The van der Waals surface area contributed by atoms with E-state index in [1.165, 1.54) is 6.20 Å². The largest absolute Gasteiger partial charge is 0.337 e. The zero-order chi connectivity index (χ0) is 10.4. The van der Waals surface area contributed by atoms with Crippen molar-refractivity contribution in [3.8, 4) is 0 Å². The summed E-state index contributed by atoms with van der Waals surface area (Å²) in [6, 6.07) is 0. The van der Waals surface area contributed by atoms with Crippen LogP contribution >= 0.6 is 0 Å². The molecule has 1 heterocycles. The van der Waals surface area contributed by atoms with Gasteiger partial charge in [0.05, 0.1) is 11.8 Å². The number of hydrogen-bond acceptors (Lipinski definition) is 3. The number of aromatic amines is 1. The molecule has 3 N–H and O–H groups in total. The van der Waals surface area contributed by atoms with Crippen LogP contribution in [0.15, 0.2) is 12.4 Å². The van der Waals surface area contributed by atoms with Crippen molar-refractivity contribution in [2.45, 2.75) is 13.3 Å². The molecule has 0 bridgehead atoms. The summed E-state index contributed by atoms with van der Waals surface area (Å²) < 4.78 is 0. The molecule has 0 aliphatic heterocycles. The molecule has 0 aliphatic rings. The van der Waals surface area contributed by atoms with Crippen molar-refractivity contribution >= 4 is 5.91 Å². The molecule has 1 rings (SSSR count). The third-order valence-electron chi connectivity index (χ3n) is 1.92. The van der Waals surface area contributed by atoms with Crippen molar-refractivity contribution in [2.24, 2.45) is 5.73 Å². The zero-order valence-corrected chi connectivity index (χ0v) is 8.36. The Morgan fingerprint density at radius 3 is 2.93 bits per heavy atom. The van der Waals surface area contributed by atoms with E-state index >= 15 is 0 Å². The fourth-order valence-corrected chi connectivity index (χ4v) is 1.29. The maximum absolute atomic E-state index is 11.8. The highest BCUT2D eigenvalue weighted by Gasteiger charge is 2.14. The topological polar surface area (TPSA) is 75.0 Å². The molecule has 5 nitrogen and oxygen atoms in total. The molecule has 14 heavy (non-hydrogen) atoms. The lowest BCUT2D eigenvalue weighted by Gasteiger charge is -2.20. The first-order valence-electron chi connectivity index (χ1n) is 4.77. The number of amides is 1.